The molecule has 1 atom stereocenters. The van der Waals surface area contributed by atoms with Crippen molar-refractivity contribution in [2.45, 2.75) is 25.3 Å². The molecule has 0 aromatic heterocycles. The van der Waals surface area contributed by atoms with Gasteiger partial charge in [0.25, 0.3) is 0 Å². The van der Waals surface area contributed by atoms with E-state index in [0.717, 1.165) is 6.42 Å². The Morgan fingerprint density at radius 3 is 2.64 bits per heavy atom. The number of halogens is 1. The van der Waals surface area contributed by atoms with Crippen LogP contribution in [0.3, 0.4) is 0 Å². The minimum Gasteiger partial charge on any atom is -0.481 e. The SMILES string of the molecule is C=CCCC(N)CC(=O)O.Cl. The van der Waals surface area contributed by atoms with E-state index in [1.165, 1.54) is 0 Å². The van der Waals surface area contributed by atoms with E-state index in [9.17, 15) is 4.79 Å². The maximum absolute atomic E-state index is 10.1. The number of allylic oxidation sites excluding steroid dienone is 1. The van der Waals surface area contributed by atoms with Crippen LogP contribution < -0.4 is 5.73 Å². The van der Waals surface area contributed by atoms with E-state index in [1.807, 2.05) is 0 Å². The molecule has 0 heterocycles. The van der Waals surface area contributed by atoms with Crippen molar-refractivity contribution in [2.75, 3.05) is 0 Å². The number of carbonyl (C=O) groups is 1. The van der Waals surface area contributed by atoms with Gasteiger partial charge in [-0.15, -0.1) is 19.0 Å². The molecule has 0 aliphatic heterocycles. The summed E-state index contributed by atoms with van der Waals surface area (Å²) in [5.41, 5.74) is 5.43. The standard InChI is InChI=1S/C7H13NO2.ClH/c1-2-3-4-6(8)5-7(9)10;/h2,6H,1,3-5,8H2,(H,9,10);1H. The molecule has 0 aliphatic carbocycles. The van der Waals surface area contributed by atoms with Gasteiger partial charge in [0, 0.05) is 6.04 Å². The first-order chi connectivity index (χ1) is 4.66. The lowest BCUT2D eigenvalue weighted by molar-refractivity contribution is -0.137. The lowest BCUT2D eigenvalue weighted by Gasteiger charge is -2.04. The molecule has 0 fully saturated rings. The van der Waals surface area contributed by atoms with Gasteiger partial charge in [-0.2, -0.15) is 0 Å². The van der Waals surface area contributed by atoms with Gasteiger partial charge in [0.1, 0.15) is 0 Å². The number of nitrogens with two attached hydrogens (primary N) is 1. The summed E-state index contributed by atoms with van der Waals surface area (Å²) in [6.45, 7) is 3.51. The molecule has 0 rings (SSSR count). The summed E-state index contributed by atoms with van der Waals surface area (Å²) in [6.07, 6.45) is 3.28. The zero-order chi connectivity index (χ0) is 7.98. The second kappa shape index (κ2) is 7.57. The van der Waals surface area contributed by atoms with Gasteiger partial charge < -0.3 is 10.8 Å². The summed E-state index contributed by atoms with van der Waals surface area (Å²) in [5.74, 6) is -0.837. The molecule has 4 heteroatoms. The summed E-state index contributed by atoms with van der Waals surface area (Å²) in [5, 5.41) is 8.28. The van der Waals surface area contributed by atoms with Crippen molar-refractivity contribution in [2.24, 2.45) is 5.73 Å². The summed E-state index contributed by atoms with van der Waals surface area (Å²) >= 11 is 0. The number of hydrogen-bond donors (Lipinski definition) is 2. The third kappa shape index (κ3) is 9.46. The predicted molar refractivity (Wildman–Crippen MR) is 46.9 cm³/mol. The molecule has 0 aromatic rings. The van der Waals surface area contributed by atoms with Crippen LogP contribution in [-0.4, -0.2) is 17.1 Å². The average Bonchev–Trinajstić information content (AvgIpc) is 1.82. The smallest absolute Gasteiger partial charge is 0.304 e. The van der Waals surface area contributed by atoms with E-state index in [4.69, 9.17) is 10.8 Å². The van der Waals surface area contributed by atoms with Crippen molar-refractivity contribution in [3.8, 4) is 0 Å². The Morgan fingerprint density at radius 1 is 1.73 bits per heavy atom. The van der Waals surface area contributed by atoms with Gasteiger partial charge in [-0.05, 0) is 12.8 Å². The van der Waals surface area contributed by atoms with Crippen molar-refractivity contribution in [1.29, 1.82) is 0 Å². The molecule has 0 aliphatic rings. The first kappa shape index (κ1) is 13.1. The quantitative estimate of drug-likeness (QED) is 0.623. The number of carboxylic acid groups (broad SMARTS) is 1. The number of rotatable bonds is 5. The molecular weight excluding hydrogens is 166 g/mol. The highest BCUT2D eigenvalue weighted by molar-refractivity contribution is 5.85. The Morgan fingerprint density at radius 2 is 2.27 bits per heavy atom. The molecule has 0 spiro atoms. The predicted octanol–water partition coefficient (Wildman–Crippen LogP) is 1.18. The monoisotopic (exact) mass is 179 g/mol. The molecular formula is C7H14ClNO2. The van der Waals surface area contributed by atoms with Crippen LogP contribution in [0.1, 0.15) is 19.3 Å². The molecule has 0 saturated carbocycles. The van der Waals surface area contributed by atoms with Gasteiger partial charge in [0.15, 0.2) is 0 Å². The van der Waals surface area contributed by atoms with Crippen molar-refractivity contribution >= 4 is 18.4 Å². The highest BCUT2D eigenvalue weighted by atomic mass is 35.5. The zero-order valence-corrected chi connectivity index (χ0v) is 7.14. The molecule has 0 aromatic carbocycles. The molecule has 0 bridgehead atoms. The van der Waals surface area contributed by atoms with Gasteiger partial charge in [0.05, 0.1) is 6.42 Å². The van der Waals surface area contributed by atoms with E-state index in [1.54, 1.807) is 6.08 Å². The maximum atomic E-state index is 10.1. The van der Waals surface area contributed by atoms with E-state index in [0.29, 0.717) is 6.42 Å². The van der Waals surface area contributed by atoms with Gasteiger partial charge in [-0.25, -0.2) is 0 Å². The van der Waals surface area contributed by atoms with Gasteiger partial charge in [-0.1, -0.05) is 6.08 Å². The van der Waals surface area contributed by atoms with E-state index in [-0.39, 0.29) is 24.9 Å². The first-order valence-electron chi connectivity index (χ1n) is 3.25. The van der Waals surface area contributed by atoms with Crippen LogP contribution in [0.4, 0.5) is 0 Å². The number of hydrogen-bond acceptors (Lipinski definition) is 2. The fraction of sp³-hybridized carbons (Fsp3) is 0.571. The van der Waals surface area contributed by atoms with Gasteiger partial charge in [0.2, 0.25) is 0 Å². The van der Waals surface area contributed by atoms with E-state index in [2.05, 4.69) is 6.58 Å². The van der Waals surface area contributed by atoms with Crippen LogP contribution in [0, 0.1) is 0 Å². The Bertz CT molecular complexity index is 128. The molecule has 0 saturated heterocycles. The van der Waals surface area contributed by atoms with Gasteiger partial charge in [-0.3, -0.25) is 4.79 Å². The maximum Gasteiger partial charge on any atom is 0.304 e. The fourth-order valence-electron chi connectivity index (χ4n) is 0.658. The second-order valence-corrected chi connectivity index (χ2v) is 2.22. The van der Waals surface area contributed by atoms with Crippen LogP contribution in [0.15, 0.2) is 12.7 Å². The minimum atomic E-state index is -0.837. The van der Waals surface area contributed by atoms with Crippen molar-refractivity contribution < 1.29 is 9.90 Å². The Kier molecular flexibility index (Phi) is 9.00. The first-order valence-corrected chi connectivity index (χ1v) is 3.25. The number of carboxylic acids is 1. The van der Waals surface area contributed by atoms with Crippen LogP contribution in [-0.2, 0) is 4.79 Å². The van der Waals surface area contributed by atoms with E-state index < -0.39 is 5.97 Å². The third-order valence-corrected chi connectivity index (χ3v) is 1.18. The largest absolute Gasteiger partial charge is 0.481 e. The highest BCUT2D eigenvalue weighted by Gasteiger charge is 2.05. The zero-order valence-electron chi connectivity index (χ0n) is 6.32. The number of aliphatic carboxylic acids is 1. The lowest BCUT2D eigenvalue weighted by Crippen LogP contribution is -2.23. The molecule has 11 heavy (non-hydrogen) atoms. The molecule has 0 radical (unpaired) electrons. The van der Waals surface area contributed by atoms with Crippen LogP contribution in [0.25, 0.3) is 0 Å². The molecule has 3 N–H and O–H groups in total. The Balaban J connectivity index is 0. The van der Waals surface area contributed by atoms with Crippen molar-refractivity contribution in [1.82, 2.24) is 0 Å². The lowest BCUT2D eigenvalue weighted by atomic mass is 10.1. The van der Waals surface area contributed by atoms with E-state index >= 15 is 0 Å². The highest BCUT2D eigenvalue weighted by Crippen LogP contribution is 1.98. The Hall–Kier alpha value is -0.540. The van der Waals surface area contributed by atoms with Crippen LogP contribution in [0.5, 0.6) is 0 Å². The second-order valence-electron chi connectivity index (χ2n) is 2.22. The summed E-state index contributed by atoms with van der Waals surface area (Å²) < 4.78 is 0. The van der Waals surface area contributed by atoms with Crippen molar-refractivity contribution in [3.05, 3.63) is 12.7 Å². The normalized spacial score (nSPS) is 11.4. The van der Waals surface area contributed by atoms with Crippen LogP contribution >= 0.6 is 12.4 Å². The molecule has 66 valence electrons. The average molecular weight is 180 g/mol. The molecule has 3 nitrogen and oxygen atoms in total. The van der Waals surface area contributed by atoms with Crippen LogP contribution in [0.2, 0.25) is 0 Å². The topological polar surface area (TPSA) is 63.3 Å². The third-order valence-electron chi connectivity index (χ3n) is 1.18. The fourth-order valence-corrected chi connectivity index (χ4v) is 0.658. The van der Waals surface area contributed by atoms with Gasteiger partial charge >= 0.3 is 5.97 Å². The summed E-state index contributed by atoms with van der Waals surface area (Å²) in [4.78, 5) is 10.1. The summed E-state index contributed by atoms with van der Waals surface area (Å²) in [7, 11) is 0. The Labute approximate surface area is 72.7 Å². The minimum absolute atomic E-state index is 0. The van der Waals surface area contributed by atoms with Crippen molar-refractivity contribution in [3.63, 3.8) is 0 Å². The molecule has 1 unspecified atom stereocenters. The molecule has 0 amide bonds. The summed E-state index contributed by atoms with van der Waals surface area (Å²) in [6, 6.07) is -0.226.